The molecule has 0 amide bonds. The van der Waals surface area contributed by atoms with E-state index in [0.29, 0.717) is 12.5 Å². The van der Waals surface area contributed by atoms with E-state index < -0.39 is 0 Å². The highest BCUT2D eigenvalue weighted by Gasteiger charge is 2.20. The van der Waals surface area contributed by atoms with E-state index >= 15 is 0 Å². The van der Waals surface area contributed by atoms with Crippen LogP contribution in [-0.4, -0.2) is 18.6 Å². The number of hydrogen-bond acceptors (Lipinski definition) is 3. The van der Waals surface area contributed by atoms with Gasteiger partial charge in [0.25, 0.3) is 0 Å². The number of alkyl halides is 1. The van der Waals surface area contributed by atoms with Crippen molar-refractivity contribution in [3.05, 3.63) is 10.8 Å². The first-order valence-electron chi connectivity index (χ1n) is 3.32. The highest BCUT2D eigenvalue weighted by molar-refractivity contribution is 7.08. The highest BCUT2D eigenvalue weighted by atomic mass is 35.5. The van der Waals surface area contributed by atoms with E-state index in [1.54, 1.807) is 11.3 Å². The summed E-state index contributed by atoms with van der Waals surface area (Å²) in [6.07, 6.45) is 0.0127. The molecular formula is C7H7ClO2S. The summed E-state index contributed by atoms with van der Waals surface area (Å²) in [5, 5.41) is 3.85. The summed E-state index contributed by atoms with van der Waals surface area (Å²) in [5.74, 6) is 2.15. The van der Waals surface area contributed by atoms with Crippen molar-refractivity contribution in [2.75, 3.05) is 12.5 Å². The molecule has 2 rings (SSSR count). The van der Waals surface area contributed by atoms with Gasteiger partial charge in [-0.15, -0.1) is 22.9 Å². The zero-order valence-electron chi connectivity index (χ0n) is 5.75. The van der Waals surface area contributed by atoms with Gasteiger partial charge in [0.05, 0.1) is 5.88 Å². The van der Waals surface area contributed by atoms with Gasteiger partial charge in [0.2, 0.25) is 0 Å². The number of thiophene rings is 1. The first kappa shape index (κ1) is 7.25. The fourth-order valence-corrected chi connectivity index (χ4v) is 1.76. The van der Waals surface area contributed by atoms with E-state index in [0.717, 1.165) is 11.5 Å². The van der Waals surface area contributed by atoms with E-state index in [1.807, 2.05) is 10.8 Å². The third kappa shape index (κ3) is 1.30. The van der Waals surface area contributed by atoms with Crippen LogP contribution in [-0.2, 0) is 0 Å². The molecule has 0 N–H and O–H groups in total. The Balaban J connectivity index is 2.18. The van der Waals surface area contributed by atoms with Gasteiger partial charge >= 0.3 is 0 Å². The summed E-state index contributed by atoms with van der Waals surface area (Å²) in [7, 11) is 0. The molecular weight excluding hydrogens is 184 g/mol. The number of hydrogen-bond donors (Lipinski definition) is 0. The molecule has 0 spiro atoms. The van der Waals surface area contributed by atoms with Crippen LogP contribution in [0.4, 0.5) is 0 Å². The molecule has 11 heavy (non-hydrogen) atoms. The lowest BCUT2D eigenvalue weighted by Gasteiger charge is -2.22. The van der Waals surface area contributed by atoms with E-state index in [1.165, 1.54) is 0 Å². The van der Waals surface area contributed by atoms with E-state index in [9.17, 15) is 0 Å². The molecule has 60 valence electrons. The van der Waals surface area contributed by atoms with E-state index in [2.05, 4.69) is 0 Å². The van der Waals surface area contributed by atoms with Crippen molar-refractivity contribution in [3.8, 4) is 11.5 Å². The molecule has 0 saturated heterocycles. The molecule has 0 aromatic carbocycles. The Bertz CT molecular complexity index is 248. The molecule has 0 radical (unpaired) electrons. The molecule has 1 aliphatic heterocycles. The normalized spacial score (nSPS) is 21.7. The fourth-order valence-electron chi connectivity index (χ4n) is 0.937. The number of ether oxygens (including phenoxy) is 2. The van der Waals surface area contributed by atoms with Gasteiger partial charge < -0.3 is 9.47 Å². The Kier molecular flexibility index (Phi) is 1.92. The van der Waals surface area contributed by atoms with Crippen molar-refractivity contribution >= 4 is 22.9 Å². The fraction of sp³-hybridized carbons (Fsp3) is 0.429. The van der Waals surface area contributed by atoms with Crippen molar-refractivity contribution in [2.45, 2.75) is 6.10 Å². The van der Waals surface area contributed by atoms with Crippen molar-refractivity contribution < 1.29 is 9.47 Å². The summed E-state index contributed by atoms with van der Waals surface area (Å²) in [6, 6.07) is 0. The lowest BCUT2D eigenvalue weighted by molar-refractivity contribution is 0.108. The van der Waals surface area contributed by atoms with Gasteiger partial charge in [-0.3, -0.25) is 0 Å². The number of halogens is 1. The average Bonchev–Trinajstić information content (AvgIpc) is 2.50. The molecule has 0 bridgehead atoms. The molecule has 0 fully saturated rings. The Morgan fingerprint density at radius 1 is 1.55 bits per heavy atom. The maximum atomic E-state index is 5.61. The van der Waals surface area contributed by atoms with Gasteiger partial charge in [0.1, 0.15) is 12.7 Å². The summed E-state index contributed by atoms with van der Waals surface area (Å²) in [6.45, 7) is 0.563. The Morgan fingerprint density at radius 2 is 2.36 bits per heavy atom. The van der Waals surface area contributed by atoms with Crippen LogP contribution in [0.25, 0.3) is 0 Å². The summed E-state index contributed by atoms with van der Waals surface area (Å²) in [5.41, 5.74) is 0. The van der Waals surface area contributed by atoms with Gasteiger partial charge in [0.15, 0.2) is 11.5 Å². The van der Waals surface area contributed by atoms with Gasteiger partial charge in [0, 0.05) is 10.8 Å². The van der Waals surface area contributed by atoms with Crippen LogP contribution >= 0.6 is 22.9 Å². The van der Waals surface area contributed by atoms with Crippen molar-refractivity contribution in [3.63, 3.8) is 0 Å². The molecule has 1 atom stereocenters. The van der Waals surface area contributed by atoms with Crippen LogP contribution in [0.2, 0.25) is 0 Å². The number of fused-ring (bicyclic) bond motifs is 1. The largest absolute Gasteiger partial charge is 0.485 e. The minimum absolute atomic E-state index is 0.0127. The van der Waals surface area contributed by atoms with Crippen LogP contribution in [0.5, 0.6) is 11.5 Å². The van der Waals surface area contributed by atoms with Crippen molar-refractivity contribution in [1.82, 2.24) is 0 Å². The zero-order chi connectivity index (χ0) is 7.68. The van der Waals surface area contributed by atoms with Gasteiger partial charge in [-0.2, -0.15) is 0 Å². The summed E-state index contributed by atoms with van der Waals surface area (Å²) >= 11 is 7.19. The van der Waals surface area contributed by atoms with Gasteiger partial charge in [-0.05, 0) is 0 Å². The minimum atomic E-state index is 0.0127. The predicted molar refractivity (Wildman–Crippen MR) is 45.0 cm³/mol. The highest BCUT2D eigenvalue weighted by Crippen LogP contribution is 2.35. The minimum Gasteiger partial charge on any atom is -0.485 e. The SMILES string of the molecule is ClC[C@@H]1COc2cscc2O1. The van der Waals surface area contributed by atoms with Crippen LogP contribution in [0.15, 0.2) is 10.8 Å². The molecule has 1 aromatic rings. The predicted octanol–water partition coefficient (Wildman–Crippen LogP) is 2.13. The molecule has 1 aliphatic rings. The monoisotopic (exact) mass is 190 g/mol. The van der Waals surface area contributed by atoms with Crippen LogP contribution < -0.4 is 9.47 Å². The molecule has 0 saturated carbocycles. The second-order valence-electron chi connectivity index (χ2n) is 2.31. The van der Waals surface area contributed by atoms with E-state index in [-0.39, 0.29) is 6.10 Å². The lowest BCUT2D eigenvalue weighted by atomic mass is 10.4. The molecule has 0 aliphatic carbocycles. The Hall–Kier alpha value is -0.410. The Labute approximate surface area is 73.7 Å². The number of rotatable bonds is 1. The average molecular weight is 191 g/mol. The van der Waals surface area contributed by atoms with Crippen molar-refractivity contribution in [1.29, 1.82) is 0 Å². The van der Waals surface area contributed by atoms with Crippen LogP contribution in [0, 0.1) is 0 Å². The van der Waals surface area contributed by atoms with Gasteiger partial charge in [-0.25, -0.2) is 0 Å². The van der Waals surface area contributed by atoms with Gasteiger partial charge in [-0.1, -0.05) is 0 Å². The topological polar surface area (TPSA) is 18.5 Å². The molecule has 2 heterocycles. The van der Waals surface area contributed by atoms with Crippen LogP contribution in [0.1, 0.15) is 0 Å². The third-order valence-corrected chi connectivity index (χ3v) is 2.53. The first-order chi connectivity index (χ1) is 5.40. The second kappa shape index (κ2) is 2.91. The quantitative estimate of drug-likeness (QED) is 0.632. The van der Waals surface area contributed by atoms with E-state index in [4.69, 9.17) is 21.1 Å². The first-order valence-corrected chi connectivity index (χ1v) is 4.79. The Morgan fingerprint density at radius 3 is 3.18 bits per heavy atom. The lowest BCUT2D eigenvalue weighted by Crippen LogP contribution is -2.29. The molecule has 2 nitrogen and oxygen atoms in total. The second-order valence-corrected chi connectivity index (χ2v) is 3.36. The van der Waals surface area contributed by atoms with Crippen LogP contribution in [0.3, 0.4) is 0 Å². The standard InChI is InChI=1S/C7H7ClO2S/c8-1-5-2-9-6-3-11-4-7(6)10-5/h3-5H,1-2H2/t5-/m1/s1. The summed E-state index contributed by atoms with van der Waals surface area (Å²) in [4.78, 5) is 0. The molecule has 4 heteroatoms. The molecule has 1 aromatic heterocycles. The van der Waals surface area contributed by atoms with Crippen molar-refractivity contribution in [2.24, 2.45) is 0 Å². The molecule has 0 unspecified atom stereocenters. The third-order valence-electron chi connectivity index (χ3n) is 1.48. The summed E-state index contributed by atoms with van der Waals surface area (Å²) < 4.78 is 10.8. The smallest absolute Gasteiger partial charge is 0.172 e. The maximum absolute atomic E-state index is 5.61. The maximum Gasteiger partial charge on any atom is 0.172 e. The zero-order valence-corrected chi connectivity index (χ0v) is 7.32.